The summed E-state index contributed by atoms with van der Waals surface area (Å²) in [5.74, 6) is 0.468. The molecular formula is C20H19FN4O3S. The molecule has 2 aromatic carbocycles. The van der Waals surface area contributed by atoms with Crippen LogP contribution in [0.5, 0.6) is 11.5 Å². The Bertz CT molecular complexity index is 1010. The van der Waals surface area contributed by atoms with Gasteiger partial charge in [-0.2, -0.15) is 5.10 Å². The van der Waals surface area contributed by atoms with E-state index in [-0.39, 0.29) is 24.8 Å². The SMILES string of the molecule is COc1cc(/C=N/NC(=O)Cc2csc(N)n2)ccc1OCc1ccc(F)cc1. The lowest BCUT2D eigenvalue weighted by Crippen LogP contribution is -2.19. The molecule has 1 aromatic heterocycles. The number of rotatable bonds is 8. The Morgan fingerprint density at radius 2 is 2.07 bits per heavy atom. The number of carbonyl (C=O) groups excluding carboxylic acids is 1. The minimum atomic E-state index is -0.294. The summed E-state index contributed by atoms with van der Waals surface area (Å²) in [6.45, 7) is 0.279. The van der Waals surface area contributed by atoms with Crippen LogP contribution >= 0.6 is 11.3 Å². The molecule has 29 heavy (non-hydrogen) atoms. The van der Waals surface area contributed by atoms with Crippen LogP contribution in [0.25, 0.3) is 0 Å². The Kier molecular flexibility index (Phi) is 6.75. The number of nitrogens with two attached hydrogens (primary N) is 1. The fraction of sp³-hybridized carbons (Fsp3) is 0.150. The van der Waals surface area contributed by atoms with Gasteiger partial charge in [0.1, 0.15) is 12.4 Å². The van der Waals surface area contributed by atoms with Gasteiger partial charge in [-0.05, 0) is 41.5 Å². The molecule has 0 radical (unpaired) electrons. The summed E-state index contributed by atoms with van der Waals surface area (Å²) in [4.78, 5) is 15.9. The van der Waals surface area contributed by atoms with E-state index < -0.39 is 0 Å². The lowest BCUT2D eigenvalue weighted by atomic mass is 10.2. The van der Waals surface area contributed by atoms with Gasteiger partial charge in [-0.1, -0.05) is 12.1 Å². The highest BCUT2D eigenvalue weighted by Crippen LogP contribution is 2.28. The topological polar surface area (TPSA) is 98.8 Å². The second-order valence-corrected chi connectivity index (χ2v) is 6.86. The van der Waals surface area contributed by atoms with Crippen LogP contribution in [-0.2, 0) is 17.8 Å². The zero-order valence-electron chi connectivity index (χ0n) is 15.6. The first-order valence-electron chi connectivity index (χ1n) is 8.60. The molecule has 0 bridgehead atoms. The van der Waals surface area contributed by atoms with Gasteiger partial charge >= 0.3 is 0 Å². The van der Waals surface area contributed by atoms with Gasteiger partial charge in [0.05, 0.1) is 25.4 Å². The number of carbonyl (C=O) groups is 1. The molecule has 1 heterocycles. The summed E-state index contributed by atoms with van der Waals surface area (Å²) in [6, 6.07) is 11.3. The minimum absolute atomic E-state index is 0.102. The number of nitrogens with zero attached hydrogens (tertiary/aromatic N) is 2. The first-order valence-corrected chi connectivity index (χ1v) is 9.48. The van der Waals surface area contributed by atoms with Gasteiger partial charge in [0, 0.05) is 5.38 Å². The van der Waals surface area contributed by atoms with Crippen molar-refractivity contribution in [2.24, 2.45) is 5.10 Å². The highest BCUT2D eigenvalue weighted by Gasteiger charge is 2.07. The van der Waals surface area contributed by atoms with Crippen LogP contribution in [0.1, 0.15) is 16.8 Å². The number of ether oxygens (including phenoxy) is 2. The first kappa shape index (κ1) is 20.3. The largest absolute Gasteiger partial charge is 0.493 e. The highest BCUT2D eigenvalue weighted by molar-refractivity contribution is 7.13. The zero-order valence-corrected chi connectivity index (χ0v) is 16.4. The van der Waals surface area contributed by atoms with Gasteiger partial charge in [-0.25, -0.2) is 14.8 Å². The molecular weight excluding hydrogens is 395 g/mol. The molecule has 3 rings (SSSR count). The molecule has 0 unspecified atom stereocenters. The zero-order chi connectivity index (χ0) is 20.6. The monoisotopic (exact) mass is 414 g/mol. The third-order valence-electron chi connectivity index (χ3n) is 3.81. The van der Waals surface area contributed by atoms with Gasteiger partial charge < -0.3 is 15.2 Å². The van der Waals surface area contributed by atoms with Gasteiger partial charge in [0.25, 0.3) is 0 Å². The van der Waals surface area contributed by atoms with Crippen molar-refractivity contribution in [2.75, 3.05) is 12.8 Å². The second kappa shape index (κ2) is 9.65. The third kappa shape index (κ3) is 6.01. The fourth-order valence-corrected chi connectivity index (χ4v) is 2.97. The van der Waals surface area contributed by atoms with E-state index in [9.17, 15) is 9.18 Å². The quantitative estimate of drug-likeness (QED) is 0.436. The van der Waals surface area contributed by atoms with E-state index in [1.54, 1.807) is 35.7 Å². The van der Waals surface area contributed by atoms with Crippen molar-refractivity contribution in [3.8, 4) is 11.5 Å². The van der Waals surface area contributed by atoms with Gasteiger partial charge in [-0.3, -0.25) is 4.79 Å². The molecule has 9 heteroatoms. The summed E-state index contributed by atoms with van der Waals surface area (Å²) < 4.78 is 24.1. The molecule has 3 N–H and O–H groups in total. The van der Waals surface area contributed by atoms with Crippen LogP contribution in [0.2, 0.25) is 0 Å². The van der Waals surface area contributed by atoms with E-state index in [0.29, 0.717) is 27.9 Å². The Labute approximate surface area is 171 Å². The van der Waals surface area contributed by atoms with Crippen molar-refractivity contribution in [1.82, 2.24) is 10.4 Å². The van der Waals surface area contributed by atoms with E-state index in [1.807, 2.05) is 0 Å². The number of hydrazone groups is 1. The normalized spacial score (nSPS) is 10.8. The molecule has 0 aliphatic carbocycles. The maximum atomic E-state index is 13.0. The number of halogens is 1. The number of nitrogen functional groups attached to an aromatic ring is 1. The van der Waals surface area contributed by atoms with E-state index >= 15 is 0 Å². The summed E-state index contributed by atoms with van der Waals surface area (Å²) >= 11 is 1.28. The smallest absolute Gasteiger partial charge is 0.246 e. The van der Waals surface area contributed by atoms with Crippen molar-refractivity contribution >= 4 is 28.6 Å². The summed E-state index contributed by atoms with van der Waals surface area (Å²) in [6.07, 6.45) is 1.60. The number of hydrogen-bond donors (Lipinski definition) is 2. The number of nitrogens with one attached hydrogen (secondary N) is 1. The number of hydrogen-bond acceptors (Lipinski definition) is 7. The predicted molar refractivity (Wildman–Crippen MR) is 110 cm³/mol. The van der Waals surface area contributed by atoms with Crippen molar-refractivity contribution in [3.63, 3.8) is 0 Å². The third-order valence-corrected chi connectivity index (χ3v) is 4.53. The maximum Gasteiger partial charge on any atom is 0.246 e. The van der Waals surface area contributed by atoms with Crippen molar-refractivity contribution in [1.29, 1.82) is 0 Å². The molecule has 0 spiro atoms. The number of methoxy groups -OCH3 is 1. The number of benzene rings is 2. The van der Waals surface area contributed by atoms with Crippen LogP contribution in [0.15, 0.2) is 52.9 Å². The summed E-state index contributed by atoms with van der Waals surface area (Å²) in [7, 11) is 1.53. The molecule has 0 atom stereocenters. The lowest BCUT2D eigenvalue weighted by molar-refractivity contribution is -0.120. The number of aromatic nitrogens is 1. The first-order chi connectivity index (χ1) is 14.0. The average Bonchev–Trinajstić information content (AvgIpc) is 3.12. The van der Waals surface area contributed by atoms with Crippen molar-refractivity contribution < 1.29 is 18.7 Å². The van der Waals surface area contributed by atoms with E-state index in [1.165, 1.54) is 36.8 Å². The van der Waals surface area contributed by atoms with Crippen LogP contribution in [0.4, 0.5) is 9.52 Å². The molecule has 3 aromatic rings. The Morgan fingerprint density at radius 3 is 2.76 bits per heavy atom. The van der Waals surface area contributed by atoms with Gasteiger partial charge in [0.2, 0.25) is 5.91 Å². The number of thiazole rings is 1. The van der Waals surface area contributed by atoms with Gasteiger partial charge in [-0.15, -0.1) is 11.3 Å². The molecule has 150 valence electrons. The van der Waals surface area contributed by atoms with E-state index in [4.69, 9.17) is 15.2 Å². The molecule has 1 amide bonds. The lowest BCUT2D eigenvalue weighted by Gasteiger charge is -2.11. The van der Waals surface area contributed by atoms with Gasteiger partial charge in [0.15, 0.2) is 16.6 Å². The molecule has 0 fully saturated rings. The number of amides is 1. The molecule has 0 saturated heterocycles. The Balaban J connectivity index is 1.56. The standard InChI is InChI=1S/C20H19FN4O3S/c1-27-18-8-14(10-23-25-19(26)9-16-12-29-20(22)24-16)4-7-17(18)28-11-13-2-5-15(21)6-3-13/h2-8,10,12H,9,11H2,1H3,(H2,22,24)(H,25,26)/b23-10+. The molecule has 7 nitrogen and oxygen atoms in total. The maximum absolute atomic E-state index is 13.0. The Hall–Kier alpha value is -3.46. The number of anilines is 1. The van der Waals surface area contributed by atoms with Crippen molar-refractivity contribution in [3.05, 3.63) is 70.5 Å². The molecule has 0 aliphatic rings. The summed E-state index contributed by atoms with van der Waals surface area (Å²) in [5.41, 5.74) is 10.1. The Morgan fingerprint density at radius 1 is 1.28 bits per heavy atom. The molecule has 0 saturated carbocycles. The van der Waals surface area contributed by atoms with E-state index in [0.717, 1.165) is 5.56 Å². The fourth-order valence-electron chi connectivity index (χ4n) is 2.41. The van der Waals surface area contributed by atoms with Crippen LogP contribution in [-0.4, -0.2) is 24.2 Å². The van der Waals surface area contributed by atoms with E-state index in [2.05, 4.69) is 15.5 Å². The van der Waals surface area contributed by atoms with Crippen molar-refractivity contribution in [2.45, 2.75) is 13.0 Å². The van der Waals surface area contributed by atoms with Crippen LogP contribution < -0.4 is 20.6 Å². The van der Waals surface area contributed by atoms with Crippen LogP contribution in [0.3, 0.4) is 0 Å². The predicted octanol–water partition coefficient (Wildman–Crippen LogP) is 3.14. The second-order valence-electron chi connectivity index (χ2n) is 5.97. The molecule has 0 aliphatic heterocycles. The average molecular weight is 414 g/mol. The highest BCUT2D eigenvalue weighted by atomic mass is 32.1. The van der Waals surface area contributed by atoms with Crippen LogP contribution in [0, 0.1) is 5.82 Å². The summed E-state index contributed by atoms with van der Waals surface area (Å²) in [5, 5.41) is 6.09. The minimum Gasteiger partial charge on any atom is -0.493 e.